The summed E-state index contributed by atoms with van der Waals surface area (Å²) < 4.78 is 1.52. The molecule has 0 N–H and O–H groups in total. The van der Waals surface area contributed by atoms with Crippen LogP contribution in [0.2, 0.25) is 0 Å². The molecule has 0 bridgehead atoms. The average molecular weight is 293 g/mol. The topological polar surface area (TPSA) is 63.4 Å². The van der Waals surface area contributed by atoms with E-state index in [4.69, 9.17) is 0 Å². The van der Waals surface area contributed by atoms with E-state index in [2.05, 4.69) is 28.1 Å². The minimum absolute atomic E-state index is 0.171. The third-order valence-electron chi connectivity index (χ3n) is 3.91. The number of carbonyl (C=O) groups is 1. The van der Waals surface area contributed by atoms with Gasteiger partial charge in [0.1, 0.15) is 0 Å². The lowest BCUT2D eigenvalue weighted by Gasteiger charge is -2.28. The number of nitrogens with zero attached hydrogens (tertiary/aromatic N) is 5. The molecule has 0 fully saturated rings. The Balaban J connectivity index is 1.74. The van der Waals surface area contributed by atoms with Gasteiger partial charge in [0.2, 0.25) is 5.82 Å². The van der Waals surface area contributed by atoms with Crippen molar-refractivity contribution < 1.29 is 4.79 Å². The molecule has 0 saturated carbocycles. The molecule has 3 heterocycles. The Morgan fingerprint density at radius 1 is 1.32 bits per heavy atom. The predicted octanol–water partition coefficient (Wildman–Crippen LogP) is 2.03. The van der Waals surface area contributed by atoms with E-state index in [1.54, 1.807) is 23.4 Å². The highest BCUT2D eigenvalue weighted by molar-refractivity contribution is 6.04. The lowest BCUT2D eigenvalue weighted by atomic mass is 9.99. The highest BCUT2D eigenvalue weighted by Crippen LogP contribution is 2.28. The molecule has 1 aliphatic rings. The molecular formula is C16H15N5O. The summed E-state index contributed by atoms with van der Waals surface area (Å²) in [6.07, 6.45) is 5.33. The van der Waals surface area contributed by atoms with Gasteiger partial charge in [0, 0.05) is 24.6 Å². The summed E-state index contributed by atoms with van der Waals surface area (Å²) in [5, 5.41) is 4.23. The molecule has 6 nitrogen and oxygen atoms in total. The minimum atomic E-state index is -0.171. The molecule has 0 unspecified atom stereocenters. The first kappa shape index (κ1) is 12.9. The summed E-state index contributed by atoms with van der Waals surface area (Å²) in [4.78, 5) is 22.9. The summed E-state index contributed by atoms with van der Waals surface area (Å²) in [6, 6.07) is 7.95. The highest BCUT2D eigenvalue weighted by Gasteiger charge is 2.26. The van der Waals surface area contributed by atoms with Crippen LogP contribution in [0.3, 0.4) is 0 Å². The number of fused-ring (bicyclic) bond motifs is 2. The number of carbonyl (C=O) groups excluding carboxylic acids is 1. The largest absolute Gasteiger partial charge is 0.305 e. The summed E-state index contributed by atoms with van der Waals surface area (Å²) in [5.41, 5.74) is 3.39. The summed E-state index contributed by atoms with van der Waals surface area (Å²) in [7, 11) is 0. The van der Waals surface area contributed by atoms with E-state index in [0.29, 0.717) is 12.3 Å². The second kappa shape index (κ2) is 4.91. The quantitative estimate of drug-likeness (QED) is 0.688. The maximum atomic E-state index is 12.8. The van der Waals surface area contributed by atoms with Crippen molar-refractivity contribution in [1.29, 1.82) is 0 Å². The van der Waals surface area contributed by atoms with Crippen LogP contribution < -0.4 is 4.90 Å². The van der Waals surface area contributed by atoms with Gasteiger partial charge in [0.05, 0.1) is 0 Å². The number of anilines is 1. The molecule has 22 heavy (non-hydrogen) atoms. The smallest absolute Gasteiger partial charge is 0.298 e. The number of rotatable bonds is 1. The van der Waals surface area contributed by atoms with Crippen LogP contribution in [-0.2, 0) is 6.42 Å². The molecule has 0 spiro atoms. The van der Waals surface area contributed by atoms with Crippen LogP contribution in [0.4, 0.5) is 5.69 Å². The van der Waals surface area contributed by atoms with Gasteiger partial charge in [-0.3, -0.25) is 4.79 Å². The van der Waals surface area contributed by atoms with Gasteiger partial charge in [-0.1, -0.05) is 17.7 Å². The average Bonchev–Trinajstić information content (AvgIpc) is 2.97. The van der Waals surface area contributed by atoms with E-state index >= 15 is 0 Å². The van der Waals surface area contributed by atoms with Crippen LogP contribution in [-0.4, -0.2) is 32.0 Å². The Morgan fingerprint density at radius 3 is 3.09 bits per heavy atom. The van der Waals surface area contributed by atoms with Crippen LogP contribution in [0.5, 0.6) is 0 Å². The third-order valence-corrected chi connectivity index (χ3v) is 3.91. The molecule has 2 aromatic heterocycles. The van der Waals surface area contributed by atoms with Gasteiger partial charge in [-0.2, -0.15) is 4.98 Å². The van der Waals surface area contributed by atoms with Crippen LogP contribution in [0.1, 0.15) is 28.2 Å². The van der Waals surface area contributed by atoms with Gasteiger partial charge in [0.25, 0.3) is 11.7 Å². The molecule has 6 heteroatoms. The van der Waals surface area contributed by atoms with Crippen molar-refractivity contribution in [3.05, 3.63) is 53.6 Å². The van der Waals surface area contributed by atoms with Crippen molar-refractivity contribution >= 4 is 17.4 Å². The summed E-state index contributed by atoms with van der Waals surface area (Å²) in [6.45, 7) is 2.76. The molecule has 3 aromatic rings. The zero-order chi connectivity index (χ0) is 15.1. The molecule has 0 radical (unpaired) electrons. The first-order valence-corrected chi connectivity index (χ1v) is 7.31. The number of benzene rings is 1. The Kier molecular flexibility index (Phi) is 2.89. The molecule has 1 aromatic carbocycles. The molecule has 4 rings (SSSR count). The normalized spacial score (nSPS) is 14.1. The highest BCUT2D eigenvalue weighted by atomic mass is 16.2. The molecule has 0 atom stereocenters. The van der Waals surface area contributed by atoms with Crippen molar-refractivity contribution in [3.63, 3.8) is 0 Å². The molecule has 1 amide bonds. The van der Waals surface area contributed by atoms with Crippen molar-refractivity contribution in [2.45, 2.75) is 19.8 Å². The summed E-state index contributed by atoms with van der Waals surface area (Å²) >= 11 is 0. The van der Waals surface area contributed by atoms with Crippen molar-refractivity contribution in [2.75, 3.05) is 11.4 Å². The standard InChI is InChI=1S/C16H15N5O/c1-11-5-6-13-12(10-11)4-2-8-20(13)15(22)14-18-16-17-7-3-9-21(16)19-14/h3,5-7,9-10H,2,4,8H2,1H3. The number of amides is 1. The second-order valence-corrected chi connectivity index (χ2v) is 5.49. The first-order chi connectivity index (χ1) is 10.7. The number of aromatic nitrogens is 4. The van der Waals surface area contributed by atoms with E-state index in [1.165, 1.54) is 15.6 Å². The fourth-order valence-corrected chi connectivity index (χ4v) is 2.88. The Bertz CT molecular complexity index is 837. The van der Waals surface area contributed by atoms with Crippen molar-refractivity contribution in [1.82, 2.24) is 19.6 Å². The molecular weight excluding hydrogens is 278 g/mol. The van der Waals surface area contributed by atoms with Gasteiger partial charge < -0.3 is 4.90 Å². The van der Waals surface area contributed by atoms with Gasteiger partial charge in [-0.05, 0) is 37.5 Å². The van der Waals surface area contributed by atoms with Crippen LogP contribution in [0, 0.1) is 6.92 Å². The van der Waals surface area contributed by atoms with E-state index in [9.17, 15) is 4.79 Å². The van der Waals surface area contributed by atoms with Gasteiger partial charge in [0.15, 0.2) is 0 Å². The second-order valence-electron chi connectivity index (χ2n) is 5.49. The number of hydrogen-bond acceptors (Lipinski definition) is 4. The Labute approximate surface area is 127 Å². The monoisotopic (exact) mass is 293 g/mol. The number of aryl methyl sites for hydroxylation is 2. The molecule has 1 aliphatic heterocycles. The van der Waals surface area contributed by atoms with Gasteiger partial charge >= 0.3 is 0 Å². The van der Waals surface area contributed by atoms with E-state index in [-0.39, 0.29) is 11.7 Å². The van der Waals surface area contributed by atoms with Crippen LogP contribution in [0.25, 0.3) is 5.78 Å². The van der Waals surface area contributed by atoms with E-state index in [0.717, 1.165) is 18.5 Å². The fraction of sp³-hybridized carbons (Fsp3) is 0.250. The SMILES string of the molecule is Cc1ccc2c(c1)CCCN2C(=O)c1nc2ncccn2n1. The van der Waals surface area contributed by atoms with Crippen LogP contribution >= 0.6 is 0 Å². The molecule has 0 aliphatic carbocycles. The maximum absolute atomic E-state index is 12.8. The third kappa shape index (κ3) is 2.04. The summed E-state index contributed by atoms with van der Waals surface area (Å²) in [5.74, 6) is 0.453. The lowest BCUT2D eigenvalue weighted by Crippen LogP contribution is -2.36. The Morgan fingerprint density at radius 2 is 2.23 bits per heavy atom. The maximum Gasteiger partial charge on any atom is 0.298 e. The molecule has 0 saturated heterocycles. The van der Waals surface area contributed by atoms with Gasteiger partial charge in [-0.15, -0.1) is 5.10 Å². The first-order valence-electron chi connectivity index (χ1n) is 7.31. The molecule has 110 valence electrons. The van der Waals surface area contributed by atoms with Gasteiger partial charge in [-0.25, -0.2) is 9.50 Å². The zero-order valence-electron chi connectivity index (χ0n) is 12.2. The van der Waals surface area contributed by atoms with Crippen molar-refractivity contribution in [2.24, 2.45) is 0 Å². The Hall–Kier alpha value is -2.76. The minimum Gasteiger partial charge on any atom is -0.305 e. The zero-order valence-corrected chi connectivity index (χ0v) is 12.2. The van der Waals surface area contributed by atoms with Crippen molar-refractivity contribution in [3.8, 4) is 0 Å². The van der Waals surface area contributed by atoms with E-state index < -0.39 is 0 Å². The van der Waals surface area contributed by atoms with Crippen LogP contribution in [0.15, 0.2) is 36.7 Å². The van der Waals surface area contributed by atoms with E-state index in [1.807, 2.05) is 12.1 Å². The predicted molar refractivity (Wildman–Crippen MR) is 82.0 cm³/mol. The lowest BCUT2D eigenvalue weighted by molar-refractivity contribution is 0.0975. The fourth-order valence-electron chi connectivity index (χ4n) is 2.88. The number of hydrogen-bond donors (Lipinski definition) is 0.